The molecule has 0 aliphatic carbocycles. The summed E-state index contributed by atoms with van der Waals surface area (Å²) in [5, 5.41) is 7.09. The molecular formula is C14H19N3O2. The van der Waals surface area contributed by atoms with Crippen molar-refractivity contribution in [2.75, 3.05) is 20.0 Å². The summed E-state index contributed by atoms with van der Waals surface area (Å²) in [4.78, 5) is 0. The second-order valence-electron chi connectivity index (χ2n) is 4.28. The fourth-order valence-electron chi connectivity index (χ4n) is 2.11. The summed E-state index contributed by atoms with van der Waals surface area (Å²) in [5.74, 6) is 2.08. The number of nitrogens with zero attached hydrogens (tertiary/aromatic N) is 1. The van der Waals surface area contributed by atoms with Gasteiger partial charge in [0.2, 0.25) is 0 Å². The van der Waals surface area contributed by atoms with E-state index < -0.39 is 0 Å². The Bertz CT molecular complexity index is 564. The molecule has 2 rings (SSSR count). The van der Waals surface area contributed by atoms with Crippen molar-refractivity contribution in [3.05, 3.63) is 23.8 Å². The van der Waals surface area contributed by atoms with Gasteiger partial charge in [-0.25, -0.2) is 0 Å². The Balaban J connectivity index is 2.56. The van der Waals surface area contributed by atoms with Crippen molar-refractivity contribution in [3.8, 4) is 22.8 Å². The predicted octanol–water partition coefficient (Wildman–Crippen LogP) is 2.63. The third-order valence-corrected chi connectivity index (χ3v) is 3.08. The van der Waals surface area contributed by atoms with Crippen LogP contribution in [0.15, 0.2) is 18.2 Å². The first-order valence-electron chi connectivity index (χ1n) is 6.26. The van der Waals surface area contributed by atoms with E-state index in [-0.39, 0.29) is 0 Å². The quantitative estimate of drug-likeness (QED) is 0.867. The predicted molar refractivity (Wildman–Crippen MR) is 75.5 cm³/mol. The molecule has 0 spiro atoms. The molecule has 3 N–H and O–H groups in total. The minimum absolute atomic E-state index is 0.543. The summed E-state index contributed by atoms with van der Waals surface area (Å²) in [6.07, 6.45) is 1.88. The van der Waals surface area contributed by atoms with Gasteiger partial charge in [-0.2, -0.15) is 5.10 Å². The van der Waals surface area contributed by atoms with E-state index in [1.54, 1.807) is 14.2 Å². The van der Waals surface area contributed by atoms with Crippen LogP contribution >= 0.6 is 0 Å². The molecule has 0 saturated heterocycles. The fourth-order valence-corrected chi connectivity index (χ4v) is 2.11. The molecule has 2 aromatic rings. The van der Waals surface area contributed by atoms with E-state index in [9.17, 15) is 0 Å². The Morgan fingerprint density at radius 2 is 2.05 bits per heavy atom. The minimum atomic E-state index is 0.543. The van der Waals surface area contributed by atoms with Crippen LogP contribution in [-0.2, 0) is 6.42 Å². The van der Waals surface area contributed by atoms with Crippen LogP contribution in [0.5, 0.6) is 11.5 Å². The standard InChI is InChI=1S/C14H19N3O2/c1-4-5-10-13(16-17-14(10)15)11-8-9(18-2)6-7-12(11)19-3/h6-8H,4-5H2,1-3H3,(H3,15,16,17). The van der Waals surface area contributed by atoms with E-state index in [1.165, 1.54) is 0 Å². The van der Waals surface area contributed by atoms with Crippen LogP contribution in [0.3, 0.4) is 0 Å². The zero-order valence-electron chi connectivity index (χ0n) is 11.5. The van der Waals surface area contributed by atoms with Crippen molar-refractivity contribution < 1.29 is 9.47 Å². The number of hydrogen-bond donors (Lipinski definition) is 2. The average molecular weight is 261 g/mol. The molecule has 0 aliphatic heterocycles. The van der Waals surface area contributed by atoms with Crippen LogP contribution in [0.2, 0.25) is 0 Å². The average Bonchev–Trinajstić information content (AvgIpc) is 2.80. The molecule has 0 bridgehead atoms. The highest BCUT2D eigenvalue weighted by molar-refractivity contribution is 5.74. The Hall–Kier alpha value is -2.17. The number of nitrogens with two attached hydrogens (primary N) is 1. The van der Waals surface area contributed by atoms with E-state index in [0.29, 0.717) is 5.82 Å². The number of nitrogen functional groups attached to an aromatic ring is 1. The molecule has 1 heterocycles. The summed E-state index contributed by atoms with van der Waals surface area (Å²) in [6.45, 7) is 2.11. The van der Waals surface area contributed by atoms with Crippen molar-refractivity contribution in [1.82, 2.24) is 10.2 Å². The number of nitrogens with one attached hydrogen (secondary N) is 1. The first-order chi connectivity index (χ1) is 9.21. The van der Waals surface area contributed by atoms with E-state index in [2.05, 4.69) is 17.1 Å². The molecule has 1 aromatic carbocycles. The number of hydrogen-bond acceptors (Lipinski definition) is 4. The molecule has 0 atom stereocenters. The van der Waals surface area contributed by atoms with Gasteiger partial charge >= 0.3 is 0 Å². The van der Waals surface area contributed by atoms with Crippen LogP contribution in [0, 0.1) is 0 Å². The maximum Gasteiger partial charge on any atom is 0.149 e. The number of ether oxygens (including phenoxy) is 2. The SMILES string of the molecule is CCCc1c(N)n[nH]c1-c1cc(OC)ccc1OC. The first kappa shape index (κ1) is 13.3. The maximum absolute atomic E-state index is 5.91. The van der Waals surface area contributed by atoms with Gasteiger partial charge in [0.1, 0.15) is 17.3 Å². The van der Waals surface area contributed by atoms with E-state index in [4.69, 9.17) is 15.2 Å². The van der Waals surface area contributed by atoms with E-state index in [0.717, 1.165) is 41.2 Å². The van der Waals surface area contributed by atoms with Gasteiger partial charge in [0.05, 0.1) is 19.9 Å². The number of aromatic amines is 1. The number of methoxy groups -OCH3 is 2. The van der Waals surface area contributed by atoms with Gasteiger partial charge in [0, 0.05) is 11.1 Å². The normalized spacial score (nSPS) is 10.5. The lowest BCUT2D eigenvalue weighted by molar-refractivity contribution is 0.404. The van der Waals surface area contributed by atoms with Crippen LogP contribution in [-0.4, -0.2) is 24.4 Å². The van der Waals surface area contributed by atoms with Gasteiger partial charge in [0.15, 0.2) is 0 Å². The molecule has 5 nitrogen and oxygen atoms in total. The van der Waals surface area contributed by atoms with Crippen molar-refractivity contribution in [2.24, 2.45) is 0 Å². The zero-order valence-corrected chi connectivity index (χ0v) is 11.5. The number of benzene rings is 1. The van der Waals surface area contributed by atoms with Gasteiger partial charge in [-0.3, -0.25) is 5.10 Å². The number of aromatic nitrogens is 2. The number of rotatable bonds is 5. The topological polar surface area (TPSA) is 73.2 Å². The van der Waals surface area contributed by atoms with E-state index in [1.807, 2.05) is 18.2 Å². The van der Waals surface area contributed by atoms with Crippen LogP contribution in [0.1, 0.15) is 18.9 Å². The highest BCUT2D eigenvalue weighted by Gasteiger charge is 2.16. The molecule has 5 heteroatoms. The largest absolute Gasteiger partial charge is 0.497 e. The molecule has 0 unspecified atom stereocenters. The summed E-state index contributed by atoms with van der Waals surface area (Å²) in [6, 6.07) is 5.66. The molecule has 102 valence electrons. The van der Waals surface area contributed by atoms with Crippen LogP contribution in [0.4, 0.5) is 5.82 Å². The van der Waals surface area contributed by atoms with Crippen molar-refractivity contribution >= 4 is 5.82 Å². The molecule has 1 aromatic heterocycles. The fraction of sp³-hybridized carbons (Fsp3) is 0.357. The third-order valence-electron chi connectivity index (χ3n) is 3.08. The summed E-state index contributed by atoms with van der Waals surface area (Å²) >= 11 is 0. The number of H-pyrrole nitrogens is 1. The van der Waals surface area contributed by atoms with Gasteiger partial charge in [-0.1, -0.05) is 13.3 Å². The molecule has 0 saturated carbocycles. The zero-order chi connectivity index (χ0) is 13.8. The number of anilines is 1. The lowest BCUT2D eigenvalue weighted by Gasteiger charge is -2.10. The first-order valence-corrected chi connectivity index (χ1v) is 6.26. The maximum atomic E-state index is 5.91. The summed E-state index contributed by atoms with van der Waals surface area (Å²) < 4.78 is 10.7. The lowest BCUT2D eigenvalue weighted by Crippen LogP contribution is -1.95. The molecule has 0 radical (unpaired) electrons. The third kappa shape index (κ3) is 2.50. The van der Waals surface area contributed by atoms with Crippen molar-refractivity contribution in [1.29, 1.82) is 0 Å². The molecule has 0 fully saturated rings. The lowest BCUT2D eigenvalue weighted by atomic mass is 10.0. The van der Waals surface area contributed by atoms with Gasteiger partial charge in [0.25, 0.3) is 0 Å². The van der Waals surface area contributed by atoms with Gasteiger partial charge in [-0.05, 0) is 24.6 Å². The monoisotopic (exact) mass is 261 g/mol. The minimum Gasteiger partial charge on any atom is -0.497 e. The Kier molecular flexibility index (Phi) is 3.94. The van der Waals surface area contributed by atoms with Crippen LogP contribution in [0.25, 0.3) is 11.3 Å². The van der Waals surface area contributed by atoms with Gasteiger partial charge in [-0.15, -0.1) is 0 Å². The Morgan fingerprint density at radius 3 is 2.68 bits per heavy atom. The highest BCUT2D eigenvalue weighted by Crippen LogP contribution is 2.36. The smallest absolute Gasteiger partial charge is 0.149 e. The highest BCUT2D eigenvalue weighted by atomic mass is 16.5. The van der Waals surface area contributed by atoms with Crippen molar-refractivity contribution in [3.63, 3.8) is 0 Å². The summed E-state index contributed by atoms with van der Waals surface area (Å²) in [5.41, 5.74) is 8.74. The summed E-state index contributed by atoms with van der Waals surface area (Å²) in [7, 11) is 3.28. The molecule has 0 amide bonds. The molecule has 19 heavy (non-hydrogen) atoms. The van der Waals surface area contributed by atoms with Crippen LogP contribution < -0.4 is 15.2 Å². The second-order valence-corrected chi connectivity index (χ2v) is 4.28. The Labute approximate surface area is 112 Å². The van der Waals surface area contributed by atoms with E-state index >= 15 is 0 Å². The van der Waals surface area contributed by atoms with Crippen molar-refractivity contribution in [2.45, 2.75) is 19.8 Å². The second kappa shape index (κ2) is 5.65. The molecule has 0 aliphatic rings. The van der Waals surface area contributed by atoms with Gasteiger partial charge < -0.3 is 15.2 Å². The molecular weight excluding hydrogens is 242 g/mol. The Morgan fingerprint density at radius 1 is 1.26 bits per heavy atom.